The number of benzene rings is 1. The van der Waals surface area contributed by atoms with Gasteiger partial charge < -0.3 is 11.5 Å². The fourth-order valence-electron chi connectivity index (χ4n) is 2.35. The molecule has 134 valence electrons. The molecule has 0 aliphatic carbocycles. The van der Waals surface area contributed by atoms with E-state index in [0.717, 1.165) is 18.5 Å². The number of nitrogens with two attached hydrogens (primary N) is 2. The molecule has 1 aromatic carbocycles. The molecular formula is C19H33N5. The van der Waals surface area contributed by atoms with Crippen LogP contribution in [0.1, 0.15) is 63.0 Å². The molecule has 0 aliphatic heterocycles. The first-order chi connectivity index (χ1) is 11.6. The fourth-order valence-corrected chi connectivity index (χ4v) is 2.35. The number of rotatable bonds is 10. The molecular weight excluding hydrogens is 298 g/mol. The highest BCUT2D eigenvalue weighted by Gasteiger charge is 1.97. The van der Waals surface area contributed by atoms with Gasteiger partial charge >= 0.3 is 0 Å². The number of unbranched alkanes of at least 4 members (excludes halogenated alkanes) is 6. The first-order valence-corrected chi connectivity index (χ1v) is 9.04. The molecule has 1 aromatic rings. The summed E-state index contributed by atoms with van der Waals surface area (Å²) in [7, 11) is 0. The summed E-state index contributed by atoms with van der Waals surface area (Å²) in [5, 5.41) is 2.84. The molecule has 0 unspecified atom stereocenters. The van der Waals surface area contributed by atoms with Crippen LogP contribution in [0.25, 0.3) is 0 Å². The molecule has 0 spiro atoms. The molecule has 0 fully saturated rings. The smallest absolute Gasteiger partial charge is 0.195 e. The second-order valence-corrected chi connectivity index (χ2v) is 6.20. The van der Waals surface area contributed by atoms with Crippen LogP contribution in [0.3, 0.4) is 0 Å². The quantitative estimate of drug-likeness (QED) is 0.348. The molecule has 1 rings (SSSR count). The number of aliphatic imine (C=N–C) groups is 2. The Hall–Kier alpha value is -2.04. The Balaban J connectivity index is 2.19. The summed E-state index contributed by atoms with van der Waals surface area (Å²) in [5.74, 6) is 0.641. The largest absolute Gasteiger partial charge is 0.370 e. The SMILES string of the molecule is CCCCCCCCCN=C(N)NC(N)=NCc1ccc(C)cc1. The summed E-state index contributed by atoms with van der Waals surface area (Å²) < 4.78 is 0. The topological polar surface area (TPSA) is 88.8 Å². The van der Waals surface area contributed by atoms with Gasteiger partial charge in [-0.25, -0.2) is 4.99 Å². The molecule has 0 aromatic heterocycles. The van der Waals surface area contributed by atoms with Gasteiger partial charge in [0.1, 0.15) is 0 Å². The summed E-state index contributed by atoms with van der Waals surface area (Å²) in [6.07, 6.45) is 8.85. The lowest BCUT2D eigenvalue weighted by atomic mass is 10.1. The lowest BCUT2D eigenvalue weighted by molar-refractivity contribution is 0.593. The Morgan fingerprint density at radius 1 is 0.875 bits per heavy atom. The minimum Gasteiger partial charge on any atom is -0.370 e. The number of hydrogen-bond acceptors (Lipinski definition) is 2. The zero-order valence-electron chi connectivity index (χ0n) is 15.2. The first-order valence-electron chi connectivity index (χ1n) is 9.04. The third-order valence-corrected chi connectivity index (χ3v) is 3.85. The van der Waals surface area contributed by atoms with Crippen molar-refractivity contribution in [1.29, 1.82) is 0 Å². The van der Waals surface area contributed by atoms with Crippen molar-refractivity contribution in [3.05, 3.63) is 35.4 Å². The Morgan fingerprint density at radius 2 is 1.46 bits per heavy atom. The molecule has 0 amide bonds. The number of nitrogens with zero attached hydrogens (tertiary/aromatic N) is 2. The average Bonchev–Trinajstić information content (AvgIpc) is 2.57. The van der Waals surface area contributed by atoms with E-state index < -0.39 is 0 Å². The molecule has 0 saturated carbocycles. The van der Waals surface area contributed by atoms with E-state index in [1.54, 1.807) is 0 Å². The van der Waals surface area contributed by atoms with Gasteiger partial charge in [0.2, 0.25) is 0 Å². The number of guanidine groups is 2. The van der Waals surface area contributed by atoms with Crippen molar-refractivity contribution in [3.8, 4) is 0 Å². The lowest BCUT2D eigenvalue weighted by Crippen LogP contribution is -2.41. The monoisotopic (exact) mass is 331 g/mol. The van der Waals surface area contributed by atoms with Crippen LogP contribution >= 0.6 is 0 Å². The zero-order valence-corrected chi connectivity index (χ0v) is 15.2. The van der Waals surface area contributed by atoms with E-state index in [2.05, 4.69) is 41.3 Å². The van der Waals surface area contributed by atoms with Gasteiger partial charge in [-0.2, -0.15) is 0 Å². The van der Waals surface area contributed by atoms with Crippen molar-refractivity contribution in [1.82, 2.24) is 5.32 Å². The van der Waals surface area contributed by atoms with Crippen LogP contribution in [0, 0.1) is 6.92 Å². The third-order valence-electron chi connectivity index (χ3n) is 3.85. The highest BCUT2D eigenvalue weighted by atomic mass is 15.2. The highest BCUT2D eigenvalue weighted by Crippen LogP contribution is 2.06. The summed E-state index contributed by atoms with van der Waals surface area (Å²) in [5.41, 5.74) is 14.0. The Morgan fingerprint density at radius 3 is 2.12 bits per heavy atom. The predicted molar refractivity (Wildman–Crippen MR) is 104 cm³/mol. The molecule has 0 radical (unpaired) electrons. The van der Waals surface area contributed by atoms with E-state index in [1.165, 1.54) is 44.1 Å². The van der Waals surface area contributed by atoms with Crippen LogP contribution in [0.15, 0.2) is 34.3 Å². The van der Waals surface area contributed by atoms with Gasteiger partial charge in [-0.3, -0.25) is 10.3 Å². The van der Waals surface area contributed by atoms with E-state index in [9.17, 15) is 0 Å². The predicted octanol–water partition coefficient (Wildman–Crippen LogP) is 3.46. The van der Waals surface area contributed by atoms with Gasteiger partial charge in [0, 0.05) is 6.54 Å². The molecule has 0 atom stereocenters. The molecule has 5 nitrogen and oxygen atoms in total. The van der Waals surface area contributed by atoms with Crippen molar-refractivity contribution in [3.63, 3.8) is 0 Å². The maximum absolute atomic E-state index is 5.83. The standard InChI is InChI=1S/C19H33N5/c1-3-4-5-6-7-8-9-14-22-18(20)24-19(21)23-15-17-12-10-16(2)11-13-17/h10-13H,3-9,14-15H2,1-2H3,(H5,20,21,22,23,24). The van der Waals surface area contributed by atoms with Gasteiger partial charge in [0.25, 0.3) is 0 Å². The molecule has 0 aliphatic rings. The molecule has 5 heteroatoms. The Bertz CT molecular complexity index is 505. The molecule has 24 heavy (non-hydrogen) atoms. The van der Waals surface area contributed by atoms with E-state index in [0.29, 0.717) is 18.5 Å². The van der Waals surface area contributed by atoms with E-state index in [-0.39, 0.29) is 0 Å². The van der Waals surface area contributed by atoms with E-state index >= 15 is 0 Å². The van der Waals surface area contributed by atoms with Gasteiger partial charge in [0.05, 0.1) is 6.54 Å². The Labute approximate surface area is 146 Å². The van der Waals surface area contributed by atoms with Crippen LogP contribution in [0.4, 0.5) is 0 Å². The third kappa shape index (κ3) is 9.87. The highest BCUT2D eigenvalue weighted by molar-refractivity contribution is 5.96. The maximum Gasteiger partial charge on any atom is 0.195 e. The minimum absolute atomic E-state index is 0.302. The van der Waals surface area contributed by atoms with Gasteiger partial charge in [-0.1, -0.05) is 75.3 Å². The second-order valence-electron chi connectivity index (χ2n) is 6.20. The van der Waals surface area contributed by atoms with Crippen molar-refractivity contribution in [2.45, 2.75) is 65.3 Å². The lowest BCUT2D eigenvalue weighted by Gasteiger charge is -2.05. The molecule has 0 heterocycles. The van der Waals surface area contributed by atoms with E-state index in [4.69, 9.17) is 11.5 Å². The second kappa shape index (κ2) is 12.4. The Kier molecular flexibility index (Phi) is 10.3. The zero-order chi connectivity index (χ0) is 17.6. The van der Waals surface area contributed by atoms with Crippen LogP contribution < -0.4 is 16.8 Å². The summed E-state index contributed by atoms with van der Waals surface area (Å²) >= 11 is 0. The van der Waals surface area contributed by atoms with Crippen LogP contribution in [-0.4, -0.2) is 18.5 Å². The molecule has 0 bridgehead atoms. The summed E-state index contributed by atoms with van der Waals surface area (Å²) in [4.78, 5) is 8.56. The van der Waals surface area contributed by atoms with E-state index in [1.807, 2.05) is 12.1 Å². The summed E-state index contributed by atoms with van der Waals surface area (Å²) in [6.45, 7) is 5.56. The average molecular weight is 332 g/mol. The first kappa shape index (κ1) is 20.0. The number of nitrogens with one attached hydrogen (secondary N) is 1. The normalized spacial score (nSPS) is 12.4. The van der Waals surface area contributed by atoms with Crippen molar-refractivity contribution in [2.24, 2.45) is 21.5 Å². The van der Waals surface area contributed by atoms with Crippen LogP contribution in [0.5, 0.6) is 0 Å². The minimum atomic E-state index is 0.302. The van der Waals surface area contributed by atoms with Crippen molar-refractivity contribution < 1.29 is 0 Å². The van der Waals surface area contributed by atoms with Crippen LogP contribution in [-0.2, 0) is 6.54 Å². The van der Waals surface area contributed by atoms with Gasteiger partial charge in [-0.15, -0.1) is 0 Å². The fraction of sp³-hybridized carbons (Fsp3) is 0.579. The van der Waals surface area contributed by atoms with Crippen molar-refractivity contribution in [2.75, 3.05) is 6.54 Å². The van der Waals surface area contributed by atoms with Crippen LogP contribution in [0.2, 0.25) is 0 Å². The summed E-state index contributed by atoms with van der Waals surface area (Å²) in [6, 6.07) is 8.22. The van der Waals surface area contributed by atoms with Gasteiger partial charge in [0.15, 0.2) is 11.9 Å². The van der Waals surface area contributed by atoms with Crippen molar-refractivity contribution >= 4 is 11.9 Å². The molecule has 0 saturated heterocycles. The molecule has 5 N–H and O–H groups in total. The number of hydrogen-bond donors (Lipinski definition) is 3. The van der Waals surface area contributed by atoms with Gasteiger partial charge in [-0.05, 0) is 18.9 Å². The maximum atomic E-state index is 5.83. The number of aryl methyl sites for hydroxylation is 1.